The van der Waals surface area contributed by atoms with Crippen molar-refractivity contribution in [2.75, 3.05) is 5.32 Å². The lowest BCUT2D eigenvalue weighted by Crippen LogP contribution is -2.59. The van der Waals surface area contributed by atoms with Gasteiger partial charge in [-0.2, -0.15) is 0 Å². The van der Waals surface area contributed by atoms with E-state index in [1.54, 1.807) is 18.5 Å². The molecule has 0 bridgehead atoms. The third kappa shape index (κ3) is 2.82. The van der Waals surface area contributed by atoms with Crippen molar-refractivity contribution in [3.8, 4) is 5.75 Å². The summed E-state index contributed by atoms with van der Waals surface area (Å²) in [5, 5.41) is 5.58. The van der Waals surface area contributed by atoms with Crippen molar-refractivity contribution in [2.45, 2.75) is 32.4 Å². The van der Waals surface area contributed by atoms with E-state index in [2.05, 4.69) is 15.6 Å². The highest BCUT2D eigenvalue weighted by Crippen LogP contribution is 2.34. The number of aryl methyl sites for hydroxylation is 1. The van der Waals surface area contributed by atoms with E-state index in [1.807, 2.05) is 38.1 Å². The SMILES string of the molecule is Cc1ccc2c(c1)NC(=O)C(C)(C(=O)NC(C)c1ccncc1)O2. The molecule has 6 nitrogen and oxygen atoms in total. The molecule has 1 aliphatic heterocycles. The third-order valence-electron chi connectivity index (χ3n) is 4.12. The highest BCUT2D eigenvalue weighted by Gasteiger charge is 2.47. The minimum atomic E-state index is -1.62. The summed E-state index contributed by atoms with van der Waals surface area (Å²) in [5.41, 5.74) is 0.850. The lowest BCUT2D eigenvalue weighted by Gasteiger charge is -2.34. The van der Waals surface area contributed by atoms with Crippen LogP contribution in [0.1, 0.15) is 31.0 Å². The molecule has 124 valence electrons. The van der Waals surface area contributed by atoms with Crippen LogP contribution in [0.5, 0.6) is 5.75 Å². The van der Waals surface area contributed by atoms with Crippen molar-refractivity contribution in [3.63, 3.8) is 0 Å². The number of pyridine rings is 1. The summed E-state index contributed by atoms with van der Waals surface area (Å²) >= 11 is 0. The molecule has 6 heteroatoms. The molecule has 2 atom stereocenters. The van der Waals surface area contributed by atoms with Crippen molar-refractivity contribution in [3.05, 3.63) is 53.9 Å². The standard InChI is InChI=1S/C18H19N3O3/c1-11-4-5-15-14(10-11)21-17(23)18(3,24-15)16(22)20-12(2)13-6-8-19-9-7-13/h4-10,12H,1-3H3,(H,20,22)(H,21,23). The van der Waals surface area contributed by atoms with Crippen molar-refractivity contribution in [2.24, 2.45) is 0 Å². The fourth-order valence-electron chi connectivity index (χ4n) is 2.56. The predicted molar refractivity (Wildman–Crippen MR) is 89.6 cm³/mol. The highest BCUT2D eigenvalue weighted by molar-refractivity contribution is 6.15. The zero-order valence-corrected chi connectivity index (χ0v) is 13.8. The number of carbonyl (C=O) groups excluding carboxylic acids is 2. The highest BCUT2D eigenvalue weighted by atomic mass is 16.5. The van der Waals surface area contributed by atoms with Gasteiger partial charge in [-0.3, -0.25) is 14.6 Å². The van der Waals surface area contributed by atoms with Gasteiger partial charge >= 0.3 is 0 Å². The lowest BCUT2D eigenvalue weighted by atomic mass is 10.00. The number of anilines is 1. The van der Waals surface area contributed by atoms with Crippen LogP contribution in [0.4, 0.5) is 5.69 Å². The number of nitrogens with zero attached hydrogens (tertiary/aromatic N) is 1. The average molecular weight is 325 g/mol. The molecule has 0 aliphatic carbocycles. The van der Waals surface area contributed by atoms with E-state index in [-0.39, 0.29) is 6.04 Å². The zero-order valence-electron chi connectivity index (χ0n) is 13.8. The molecule has 0 spiro atoms. The molecule has 0 saturated carbocycles. The van der Waals surface area contributed by atoms with Crippen LogP contribution in [0.3, 0.4) is 0 Å². The number of ether oxygens (including phenoxy) is 1. The zero-order chi connectivity index (χ0) is 17.3. The van der Waals surface area contributed by atoms with E-state index >= 15 is 0 Å². The van der Waals surface area contributed by atoms with Gasteiger partial charge in [-0.1, -0.05) is 6.07 Å². The molecule has 2 N–H and O–H groups in total. The number of aromatic nitrogens is 1. The van der Waals surface area contributed by atoms with Crippen LogP contribution in [0.25, 0.3) is 0 Å². The Kier molecular flexibility index (Phi) is 3.97. The summed E-state index contributed by atoms with van der Waals surface area (Å²) in [4.78, 5) is 29.1. The molecule has 1 aromatic heterocycles. The second kappa shape index (κ2) is 5.96. The van der Waals surface area contributed by atoms with Crippen LogP contribution in [0, 0.1) is 6.92 Å². The Morgan fingerprint density at radius 2 is 2.00 bits per heavy atom. The number of carbonyl (C=O) groups is 2. The molecule has 2 heterocycles. The first-order valence-corrected chi connectivity index (χ1v) is 7.72. The summed E-state index contributed by atoms with van der Waals surface area (Å²) in [7, 11) is 0. The Morgan fingerprint density at radius 3 is 2.71 bits per heavy atom. The van der Waals surface area contributed by atoms with E-state index in [9.17, 15) is 9.59 Å². The topological polar surface area (TPSA) is 80.3 Å². The van der Waals surface area contributed by atoms with Gasteiger partial charge in [0.1, 0.15) is 5.75 Å². The van der Waals surface area contributed by atoms with Gasteiger partial charge < -0.3 is 15.4 Å². The number of fused-ring (bicyclic) bond motifs is 1. The second-order valence-corrected chi connectivity index (χ2v) is 6.06. The molecule has 3 rings (SSSR count). The fourth-order valence-corrected chi connectivity index (χ4v) is 2.56. The fraction of sp³-hybridized carbons (Fsp3) is 0.278. The number of nitrogens with one attached hydrogen (secondary N) is 2. The molecule has 2 aromatic rings. The van der Waals surface area contributed by atoms with Crippen LogP contribution in [-0.2, 0) is 9.59 Å². The second-order valence-electron chi connectivity index (χ2n) is 6.06. The first kappa shape index (κ1) is 16.0. The average Bonchev–Trinajstić information content (AvgIpc) is 2.57. The molecule has 1 aliphatic rings. The van der Waals surface area contributed by atoms with Gasteiger partial charge in [0, 0.05) is 12.4 Å². The summed E-state index contributed by atoms with van der Waals surface area (Å²) in [6.45, 7) is 5.23. The van der Waals surface area contributed by atoms with Gasteiger partial charge in [0.15, 0.2) is 0 Å². The predicted octanol–water partition coefficient (Wildman–Crippen LogP) is 2.36. The Bertz CT molecular complexity index is 791. The minimum absolute atomic E-state index is 0.270. The number of benzene rings is 1. The summed E-state index contributed by atoms with van der Waals surface area (Å²) in [6, 6.07) is 8.79. The van der Waals surface area contributed by atoms with Crippen molar-refractivity contribution in [1.29, 1.82) is 0 Å². The van der Waals surface area contributed by atoms with Crippen LogP contribution in [0.2, 0.25) is 0 Å². The maximum atomic E-state index is 12.7. The summed E-state index contributed by atoms with van der Waals surface area (Å²) in [6.07, 6.45) is 3.31. The number of hydrogen-bond acceptors (Lipinski definition) is 4. The first-order chi connectivity index (χ1) is 11.4. The van der Waals surface area contributed by atoms with Gasteiger partial charge in [0.25, 0.3) is 17.4 Å². The van der Waals surface area contributed by atoms with Gasteiger partial charge in [-0.05, 0) is 56.2 Å². The first-order valence-electron chi connectivity index (χ1n) is 7.72. The van der Waals surface area contributed by atoms with Crippen molar-refractivity contribution in [1.82, 2.24) is 10.3 Å². The number of hydrogen-bond donors (Lipinski definition) is 2. The smallest absolute Gasteiger partial charge is 0.278 e. The van der Waals surface area contributed by atoms with E-state index in [4.69, 9.17) is 4.74 Å². The molecule has 2 amide bonds. The van der Waals surface area contributed by atoms with Gasteiger partial charge in [-0.15, -0.1) is 0 Å². The Morgan fingerprint density at radius 1 is 1.29 bits per heavy atom. The number of rotatable bonds is 3. The molecule has 0 fully saturated rings. The van der Waals surface area contributed by atoms with Crippen LogP contribution < -0.4 is 15.4 Å². The molecule has 0 radical (unpaired) electrons. The molecule has 1 aromatic carbocycles. The quantitative estimate of drug-likeness (QED) is 0.849. The monoisotopic (exact) mass is 325 g/mol. The van der Waals surface area contributed by atoms with E-state index in [0.717, 1.165) is 11.1 Å². The Hall–Kier alpha value is -2.89. The van der Waals surface area contributed by atoms with E-state index in [1.165, 1.54) is 6.92 Å². The Balaban J connectivity index is 1.81. The van der Waals surface area contributed by atoms with E-state index in [0.29, 0.717) is 11.4 Å². The Labute approximate surface area is 140 Å². The maximum absolute atomic E-state index is 12.7. The van der Waals surface area contributed by atoms with Crippen LogP contribution in [0.15, 0.2) is 42.7 Å². The number of amides is 2. The molecular formula is C18H19N3O3. The summed E-state index contributed by atoms with van der Waals surface area (Å²) in [5.74, 6) is -0.495. The molecule has 2 unspecified atom stereocenters. The largest absolute Gasteiger partial charge is 0.466 e. The minimum Gasteiger partial charge on any atom is -0.466 e. The van der Waals surface area contributed by atoms with E-state index < -0.39 is 17.4 Å². The van der Waals surface area contributed by atoms with Gasteiger partial charge in [-0.25, -0.2) is 0 Å². The van der Waals surface area contributed by atoms with Crippen LogP contribution in [-0.4, -0.2) is 22.4 Å². The maximum Gasteiger partial charge on any atom is 0.278 e. The normalized spacial score (nSPS) is 20.4. The van der Waals surface area contributed by atoms with Gasteiger partial charge in [0.2, 0.25) is 0 Å². The summed E-state index contributed by atoms with van der Waals surface area (Å²) < 4.78 is 5.75. The van der Waals surface area contributed by atoms with Crippen molar-refractivity contribution < 1.29 is 14.3 Å². The van der Waals surface area contributed by atoms with Crippen LogP contribution >= 0.6 is 0 Å². The van der Waals surface area contributed by atoms with Crippen molar-refractivity contribution >= 4 is 17.5 Å². The molecular weight excluding hydrogens is 306 g/mol. The molecule has 24 heavy (non-hydrogen) atoms. The lowest BCUT2D eigenvalue weighted by molar-refractivity contribution is -0.147. The van der Waals surface area contributed by atoms with Gasteiger partial charge in [0.05, 0.1) is 11.7 Å². The third-order valence-corrected chi connectivity index (χ3v) is 4.12. The molecule has 0 saturated heterocycles.